The van der Waals surface area contributed by atoms with Gasteiger partial charge in [-0.3, -0.25) is 0 Å². The predicted molar refractivity (Wildman–Crippen MR) is 51.9 cm³/mol. The van der Waals surface area contributed by atoms with E-state index in [9.17, 15) is 9.50 Å². The molecule has 0 aliphatic heterocycles. The van der Waals surface area contributed by atoms with Crippen molar-refractivity contribution in [3.05, 3.63) is 33.5 Å². The Labute approximate surface area is 84.7 Å². The highest BCUT2D eigenvalue weighted by Gasteiger charge is 2.30. The SMILES string of the molecule is CC1Cc2c(ccc(Br)c2F)C1O. The smallest absolute Gasteiger partial charge is 0.140 e. The first-order valence-electron chi connectivity index (χ1n) is 4.26. The number of fused-ring (bicyclic) bond motifs is 1. The van der Waals surface area contributed by atoms with Gasteiger partial charge in [0.15, 0.2) is 0 Å². The molecule has 1 aliphatic carbocycles. The molecular formula is C10H10BrFO. The van der Waals surface area contributed by atoms with Crippen LogP contribution in [0.3, 0.4) is 0 Å². The number of hydrogen-bond acceptors (Lipinski definition) is 1. The molecule has 1 nitrogen and oxygen atoms in total. The fourth-order valence-corrected chi connectivity index (χ4v) is 2.20. The van der Waals surface area contributed by atoms with Crippen LogP contribution in [0.2, 0.25) is 0 Å². The molecule has 70 valence electrons. The number of benzene rings is 1. The summed E-state index contributed by atoms with van der Waals surface area (Å²) in [5.74, 6) is -0.0975. The molecule has 0 saturated carbocycles. The van der Waals surface area contributed by atoms with E-state index in [2.05, 4.69) is 15.9 Å². The Morgan fingerprint density at radius 1 is 1.54 bits per heavy atom. The summed E-state index contributed by atoms with van der Waals surface area (Å²) in [6, 6.07) is 3.44. The third-order valence-electron chi connectivity index (χ3n) is 2.62. The summed E-state index contributed by atoms with van der Waals surface area (Å²) in [4.78, 5) is 0. The first kappa shape index (κ1) is 9.16. The molecule has 1 aromatic carbocycles. The van der Waals surface area contributed by atoms with Crippen LogP contribution in [0.1, 0.15) is 24.2 Å². The zero-order chi connectivity index (χ0) is 9.59. The minimum atomic E-state index is -0.502. The summed E-state index contributed by atoms with van der Waals surface area (Å²) in [7, 11) is 0. The van der Waals surface area contributed by atoms with E-state index in [1.165, 1.54) is 0 Å². The average Bonchev–Trinajstić information content (AvgIpc) is 2.38. The first-order valence-corrected chi connectivity index (χ1v) is 5.05. The van der Waals surface area contributed by atoms with E-state index in [4.69, 9.17) is 0 Å². The Morgan fingerprint density at radius 2 is 2.23 bits per heavy atom. The monoisotopic (exact) mass is 244 g/mol. The van der Waals surface area contributed by atoms with Crippen LogP contribution in [0, 0.1) is 11.7 Å². The standard InChI is InChI=1S/C10H10BrFO/c1-5-4-7-6(10(5)13)2-3-8(11)9(7)12/h2-3,5,10,13H,4H2,1H3. The van der Waals surface area contributed by atoms with Crippen LogP contribution >= 0.6 is 15.9 Å². The van der Waals surface area contributed by atoms with Gasteiger partial charge in [0.1, 0.15) is 5.82 Å². The molecule has 2 atom stereocenters. The van der Waals surface area contributed by atoms with Crippen LogP contribution in [0.25, 0.3) is 0 Å². The van der Waals surface area contributed by atoms with Crippen molar-refractivity contribution in [3.63, 3.8) is 0 Å². The zero-order valence-corrected chi connectivity index (χ0v) is 8.81. The molecule has 1 aromatic rings. The Kier molecular flexibility index (Phi) is 2.16. The Morgan fingerprint density at radius 3 is 2.92 bits per heavy atom. The minimum absolute atomic E-state index is 0.124. The van der Waals surface area contributed by atoms with E-state index in [0.29, 0.717) is 16.5 Å². The molecule has 0 saturated heterocycles. The largest absolute Gasteiger partial charge is 0.388 e. The van der Waals surface area contributed by atoms with Crippen LogP contribution in [-0.4, -0.2) is 5.11 Å². The van der Waals surface area contributed by atoms with Gasteiger partial charge in [-0.1, -0.05) is 13.0 Å². The topological polar surface area (TPSA) is 20.2 Å². The molecule has 0 spiro atoms. The van der Waals surface area contributed by atoms with Crippen LogP contribution in [0.15, 0.2) is 16.6 Å². The van der Waals surface area contributed by atoms with Crippen molar-refractivity contribution in [2.75, 3.05) is 0 Å². The summed E-state index contributed by atoms with van der Waals surface area (Å²) < 4.78 is 14.0. The second-order valence-corrected chi connectivity index (χ2v) is 4.41. The van der Waals surface area contributed by atoms with Crippen molar-refractivity contribution < 1.29 is 9.50 Å². The fraction of sp³-hybridized carbons (Fsp3) is 0.400. The Hall–Kier alpha value is -0.410. The highest BCUT2D eigenvalue weighted by molar-refractivity contribution is 9.10. The van der Waals surface area contributed by atoms with Crippen molar-refractivity contribution in [1.82, 2.24) is 0 Å². The van der Waals surface area contributed by atoms with E-state index in [-0.39, 0.29) is 11.7 Å². The van der Waals surface area contributed by atoms with Gasteiger partial charge in [-0.05, 0) is 45.5 Å². The lowest BCUT2D eigenvalue weighted by Crippen LogP contribution is -2.00. The number of rotatable bonds is 0. The average molecular weight is 245 g/mol. The van der Waals surface area contributed by atoms with Crippen LogP contribution < -0.4 is 0 Å². The molecule has 0 heterocycles. The Bertz CT molecular complexity index is 351. The second-order valence-electron chi connectivity index (χ2n) is 3.56. The minimum Gasteiger partial charge on any atom is -0.388 e. The van der Waals surface area contributed by atoms with Crippen molar-refractivity contribution in [3.8, 4) is 0 Å². The molecular weight excluding hydrogens is 235 g/mol. The van der Waals surface area contributed by atoms with Crippen molar-refractivity contribution in [1.29, 1.82) is 0 Å². The lowest BCUT2D eigenvalue weighted by atomic mass is 10.1. The number of halogens is 2. The summed E-state index contributed by atoms with van der Waals surface area (Å²) in [6.45, 7) is 1.93. The lowest BCUT2D eigenvalue weighted by Gasteiger charge is -2.07. The van der Waals surface area contributed by atoms with Gasteiger partial charge in [0.25, 0.3) is 0 Å². The summed E-state index contributed by atoms with van der Waals surface area (Å²) in [5.41, 5.74) is 1.41. The maximum atomic E-state index is 13.5. The lowest BCUT2D eigenvalue weighted by molar-refractivity contribution is 0.133. The van der Waals surface area contributed by atoms with E-state index in [1.807, 2.05) is 6.92 Å². The van der Waals surface area contributed by atoms with Gasteiger partial charge >= 0.3 is 0 Å². The normalized spacial score (nSPS) is 26.2. The molecule has 2 unspecified atom stereocenters. The molecule has 1 N–H and O–H groups in total. The fourth-order valence-electron chi connectivity index (χ4n) is 1.83. The molecule has 0 aromatic heterocycles. The van der Waals surface area contributed by atoms with Gasteiger partial charge in [-0.25, -0.2) is 4.39 Å². The van der Waals surface area contributed by atoms with Gasteiger partial charge in [-0.2, -0.15) is 0 Å². The molecule has 0 fully saturated rings. The second kappa shape index (κ2) is 3.07. The van der Waals surface area contributed by atoms with Crippen LogP contribution in [0.5, 0.6) is 0 Å². The van der Waals surface area contributed by atoms with Crippen molar-refractivity contribution >= 4 is 15.9 Å². The molecule has 2 rings (SSSR count). The van der Waals surface area contributed by atoms with Gasteiger partial charge in [-0.15, -0.1) is 0 Å². The molecule has 1 aliphatic rings. The molecule has 0 bridgehead atoms. The number of aliphatic hydroxyl groups excluding tert-OH is 1. The van der Waals surface area contributed by atoms with Crippen LogP contribution in [-0.2, 0) is 6.42 Å². The molecule has 0 radical (unpaired) electrons. The highest BCUT2D eigenvalue weighted by atomic mass is 79.9. The third-order valence-corrected chi connectivity index (χ3v) is 3.23. The van der Waals surface area contributed by atoms with Gasteiger partial charge in [0.05, 0.1) is 10.6 Å². The van der Waals surface area contributed by atoms with Crippen molar-refractivity contribution in [2.24, 2.45) is 5.92 Å². The third kappa shape index (κ3) is 1.30. The number of hydrogen-bond donors (Lipinski definition) is 1. The van der Waals surface area contributed by atoms with E-state index < -0.39 is 6.10 Å². The molecule has 3 heteroatoms. The predicted octanol–water partition coefficient (Wildman–Crippen LogP) is 2.81. The number of aliphatic hydroxyl groups is 1. The first-order chi connectivity index (χ1) is 6.11. The molecule has 0 amide bonds. The molecule has 13 heavy (non-hydrogen) atoms. The van der Waals surface area contributed by atoms with E-state index in [1.54, 1.807) is 12.1 Å². The highest BCUT2D eigenvalue weighted by Crippen LogP contribution is 2.38. The van der Waals surface area contributed by atoms with Gasteiger partial charge in [0, 0.05) is 0 Å². The summed E-state index contributed by atoms with van der Waals surface area (Å²) in [6.07, 6.45) is 0.125. The summed E-state index contributed by atoms with van der Waals surface area (Å²) >= 11 is 3.13. The Balaban J connectivity index is 2.57. The van der Waals surface area contributed by atoms with E-state index >= 15 is 0 Å². The van der Waals surface area contributed by atoms with Crippen LogP contribution in [0.4, 0.5) is 4.39 Å². The van der Waals surface area contributed by atoms with Gasteiger partial charge < -0.3 is 5.11 Å². The van der Waals surface area contributed by atoms with Crippen molar-refractivity contribution in [2.45, 2.75) is 19.4 Å². The summed E-state index contributed by atoms with van der Waals surface area (Å²) in [5, 5.41) is 9.68. The quantitative estimate of drug-likeness (QED) is 0.745. The maximum absolute atomic E-state index is 13.5. The van der Waals surface area contributed by atoms with E-state index in [0.717, 1.165) is 5.56 Å². The maximum Gasteiger partial charge on any atom is 0.140 e. The zero-order valence-electron chi connectivity index (χ0n) is 7.22. The van der Waals surface area contributed by atoms with Gasteiger partial charge in [0.2, 0.25) is 0 Å².